The summed E-state index contributed by atoms with van der Waals surface area (Å²) in [6, 6.07) is 11.5. The van der Waals surface area contributed by atoms with E-state index in [2.05, 4.69) is 5.32 Å². The fraction of sp³-hybridized carbons (Fsp3) is 0.143. The summed E-state index contributed by atoms with van der Waals surface area (Å²) in [7, 11) is 0. The molecule has 0 aliphatic heterocycles. The molecule has 0 saturated carbocycles. The summed E-state index contributed by atoms with van der Waals surface area (Å²) >= 11 is 0. The van der Waals surface area contributed by atoms with Crippen LogP contribution in [0.25, 0.3) is 0 Å². The first-order valence-electron chi connectivity index (χ1n) is 5.41. The Hall–Kier alpha value is -1.90. The number of rotatable bonds is 3. The van der Waals surface area contributed by atoms with E-state index >= 15 is 0 Å². The molecule has 2 rings (SSSR count). The Bertz CT molecular complexity index is 503. The molecule has 3 heteroatoms. The minimum atomic E-state index is -0.522. The quantitative estimate of drug-likeness (QED) is 0.848. The van der Waals surface area contributed by atoms with Crippen LogP contribution in [-0.4, -0.2) is 0 Å². The van der Waals surface area contributed by atoms with Crippen LogP contribution in [0.3, 0.4) is 0 Å². The van der Waals surface area contributed by atoms with E-state index in [1.807, 2.05) is 31.2 Å². The van der Waals surface area contributed by atoms with Gasteiger partial charge in [-0.15, -0.1) is 0 Å². The molecule has 0 spiro atoms. The summed E-state index contributed by atoms with van der Waals surface area (Å²) in [6.07, 6.45) is 0. The Labute approximate surface area is 99.1 Å². The van der Waals surface area contributed by atoms with Crippen molar-refractivity contribution in [1.82, 2.24) is 0 Å². The molecule has 0 aromatic heterocycles. The van der Waals surface area contributed by atoms with Gasteiger partial charge in [0.25, 0.3) is 0 Å². The third-order valence-electron chi connectivity index (χ3n) is 2.66. The van der Waals surface area contributed by atoms with Gasteiger partial charge in [0.1, 0.15) is 11.6 Å². The Morgan fingerprint density at radius 2 is 1.59 bits per heavy atom. The van der Waals surface area contributed by atoms with E-state index in [0.29, 0.717) is 0 Å². The van der Waals surface area contributed by atoms with Crippen LogP contribution in [0.2, 0.25) is 0 Å². The minimum Gasteiger partial charge on any atom is -0.381 e. The van der Waals surface area contributed by atoms with Gasteiger partial charge in [-0.2, -0.15) is 0 Å². The van der Waals surface area contributed by atoms with E-state index in [1.165, 1.54) is 18.2 Å². The van der Waals surface area contributed by atoms with Crippen molar-refractivity contribution in [3.63, 3.8) is 0 Å². The molecular formula is C14H13F2N. The van der Waals surface area contributed by atoms with Gasteiger partial charge in [0.05, 0.1) is 0 Å². The Kier molecular flexibility index (Phi) is 3.38. The van der Waals surface area contributed by atoms with Crippen LogP contribution >= 0.6 is 0 Å². The third kappa shape index (κ3) is 2.61. The van der Waals surface area contributed by atoms with Crippen LogP contribution in [0.4, 0.5) is 14.5 Å². The number of anilines is 1. The lowest BCUT2D eigenvalue weighted by Crippen LogP contribution is -2.05. The number of halogens is 2. The lowest BCUT2D eigenvalue weighted by molar-refractivity contribution is 0.560. The zero-order valence-corrected chi connectivity index (χ0v) is 9.50. The fourth-order valence-electron chi connectivity index (χ4n) is 1.66. The Morgan fingerprint density at radius 3 is 2.24 bits per heavy atom. The van der Waals surface area contributed by atoms with Crippen molar-refractivity contribution in [1.29, 1.82) is 0 Å². The van der Waals surface area contributed by atoms with E-state index in [1.54, 1.807) is 0 Å². The topological polar surface area (TPSA) is 12.0 Å². The number of para-hydroxylation sites is 1. The molecule has 1 N–H and O–H groups in total. The first-order valence-corrected chi connectivity index (χ1v) is 5.41. The van der Waals surface area contributed by atoms with Crippen molar-refractivity contribution in [3.8, 4) is 0 Å². The van der Waals surface area contributed by atoms with Crippen molar-refractivity contribution in [3.05, 3.63) is 65.2 Å². The van der Waals surface area contributed by atoms with E-state index in [9.17, 15) is 8.78 Å². The van der Waals surface area contributed by atoms with Gasteiger partial charge >= 0.3 is 0 Å². The molecule has 0 fully saturated rings. The number of hydrogen-bond donors (Lipinski definition) is 1. The molecule has 0 saturated heterocycles. The predicted octanol–water partition coefficient (Wildman–Crippen LogP) is 3.89. The van der Waals surface area contributed by atoms with Crippen LogP contribution in [-0.2, 0) is 6.54 Å². The zero-order valence-electron chi connectivity index (χ0n) is 9.50. The Balaban J connectivity index is 2.16. The van der Waals surface area contributed by atoms with Crippen LogP contribution in [0, 0.1) is 18.6 Å². The second kappa shape index (κ2) is 4.95. The van der Waals surface area contributed by atoms with Crippen LogP contribution in [0.1, 0.15) is 11.1 Å². The smallest absolute Gasteiger partial charge is 0.131 e. The highest BCUT2D eigenvalue weighted by Crippen LogP contribution is 2.17. The molecule has 0 radical (unpaired) electrons. The maximum Gasteiger partial charge on any atom is 0.131 e. The monoisotopic (exact) mass is 233 g/mol. The number of aryl methyl sites for hydroxylation is 1. The molecule has 2 aromatic carbocycles. The van der Waals surface area contributed by atoms with E-state index in [-0.39, 0.29) is 12.1 Å². The maximum absolute atomic E-state index is 13.4. The molecule has 0 unspecified atom stereocenters. The molecular weight excluding hydrogens is 220 g/mol. The van der Waals surface area contributed by atoms with Gasteiger partial charge in [-0.3, -0.25) is 0 Å². The molecule has 0 amide bonds. The SMILES string of the molecule is Cc1ccccc1NCc1c(F)cccc1F. The van der Waals surface area contributed by atoms with Crippen LogP contribution in [0.15, 0.2) is 42.5 Å². The maximum atomic E-state index is 13.4. The molecule has 0 heterocycles. The molecule has 0 aliphatic rings. The minimum absolute atomic E-state index is 0.0655. The van der Waals surface area contributed by atoms with Crippen molar-refractivity contribution in [2.24, 2.45) is 0 Å². The summed E-state index contributed by atoms with van der Waals surface area (Å²) in [6.45, 7) is 2.09. The average Bonchev–Trinajstić information content (AvgIpc) is 2.30. The van der Waals surface area contributed by atoms with Gasteiger partial charge < -0.3 is 5.32 Å². The second-order valence-corrected chi connectivity index (χ2v) is 3.87. The van der Waals surface area contributed by atoms with E-state index in [0.717, 1.165) is 11.3 Å². The van der Waals surface area contributed by atoms with Crippen molar-refractivity contribution >= 4 is 5.69 Å². The highest BCUT2D eigenvalue weighted by atomic mass is 19.1. The van der Waals surface area contributed by atoms with Crippen LogP contribution in [0.5, 0.6) is 0 Å². The van der Waals surface area contributed by atoms with Crippen molar-refractivity contribution in [2.45, 2.75) is 13.5 Å². The first kappa shape index (κ1) is 11.6. The molecule has 88 valence electrons. The highest BCUT2D eigenvalue weighted by molar-refractivity contribution is 5.50. The fourth-order valence-corrected chi connectivity index (χ4v) is 1.66. The van der Waals surface area contributed by atoms with Crippen molar-refractivity contribution < 1.29 is 8.78 Å². The Morgan fingerprint density at radius 1 is 0.941 bits per heavy atom. The van der Waals surface area contributed by atoms with Crippen molar-refractivity contribution in [2.75, 3.05) is 5.32 Å². The van der Waals surface area contributed by atoms with Gasteiger partial charge in [0.2, 0.25) is 0 Å². The van der Waals surface area contributed by atoms with Gasteiger partial charge in [0.15, 0.2) is 0 Å². The molecule has 0 bridgehead atoms. The second-order valence-electron chi connectivity index (χ2n) is 3.87. The standard InChI is InChI=1S/C14H13F2N/c1-10-5-2-3-8-14(10)17-9-11-12(15)6-4-7-13(11)16/h2-8,17H,9H2,1H3. The number of nitrogens with one attached hydrogen (secondary N) is 1. The molecule has 0 atom stereocenters. The average molecular weight is 233 g/mol. The number of hydrogen-bond acceptors (Lipinski definition) is 1. The molecule has 1 nitrogen and oxygen atoms in total. The van der Waals surface area contributed by atoms with Crippen LogP contribution < -0.4 is 5.32 Å². The molecule has 2 aromatic rings. The predicted molar refractivity (Wildman–Crippen MR) is 64.9 cm³/mol. The third-order valence-corrected chi connectivity index (χ3v) is 2.66. The first-order chi connectivity index (χ1) is 8.18. The largest absolute Gasteiger partial charge is 0.381 e. The summed E-state index contributed by atoms with van der Waals surface area (Å²) in [5, 5.41) is 3.03. The molecule has 17 heavy (non-hydrogen) atoms. The summed E-state index contributed by atoms with van der Waals surface area (Å²) in [4.78, 5) is 0. The summed E-state index contributed by atoms with van der Waals surface area (Å²) < 4.78 is 26.7. The van der Waals surface area contributed by atoms with E-state index < -0.39 is 11.6 Å². The summed E-state index contributed by atoms with van der Waals surface area (Å²) in [5.41, 5.74) is 2.00. The van der Waals surface area contributed by atoms with E-state index in [4.69, 9.17) is 0 Å². The lowest BCUT2D eigenvalue weighted by atomic mass is 10.1. The zero-order chi connectivity index (χ0) is 12.3. The molecule has 0 aliphatic carbocycles. The summed E-state index contributed by atoms with van der Waals surface area (Å²) in [5.74, 6) is -1.04. The lowest BCUT2D eigenvalue weighted by Gasteiger charge is -2.10. The van der Waals surface area contributed by atoms with Gasteiger partial charge in [-0.05, 0) is 30.7 Å². The number of benzene rings is 2. The highest BCUT2D eigenvalue weighted by Gasteiger charge is 2.07. The normalized spacial score (nSPS) is 10.3. The van der Waals surface area contributed by atoms with Gasteiger partial charge in [-0.1, -0.05) is 24.3 Å². The van der Waals surface area contributed by atoms with Gasteiger partial charge in [0, 0.05) is 17.8 Å². The van der Waals surface area contributed by atoms with Gasteiger partial charge in [-0.25, -0.2) is 8.78 Å².